The molecule has 13 heavy (non-hydrogen) atoms. The second-order valence-corrected chi connectivity index (χ2v) is 5.84. The van der Waals surface area contributed by atoms with Gasteiger partial charge in [0.1, 0.15) is 0 Å². The van der Waals surface area contributed by atoms with Crippen LogP contribution in [0.5, 0.6) is 0 Å². The van der Waals surface area contributed by atoms with Crippen LogP contribution in [0.25, 0.3) is 0 Å². The van der Waals surface area contributed by atoms with Crippen molar-refractivity contribution in [3.8, 4) is 0 Å². The van der Waals surface area contributed by atoms with Crippen molar-refractivity contribution in [3.05, 3.63) is 0 Å². The van der Waals surface area contributed by atoms with Gasteiger partial charge in [-0.1, -0.05) is 6.92 Å². The summed E-state index contributed by atoms with van der Waals surface area (Å²) >= 11 is 0. The summed E-state index contributed by atoms with van der Waals surface area (Å²) in [5.41, 5.74) is 0.764. The molecule has 1 unspecified atom stereocenters. The second kappa shape index (κ2) is 2.73. The third kappa shape index (κ3) is 1.41. The molecule has 0 bridgehead atoms. The lowest BCUT2D eigenvalue weighted by molar-refractivity contribution is -0.0369. The Kier molecular flexibility index (Phi) is 1.74. The highest BCUT2D eigenvalue weighted by molar-refractivity contribution is 4.98. The zero-order valence-corrected chi connectivity index (χ0v) is 8.76. The second-order valence-electron chi connectivity index (χ2n) is 5.84. The van der Waals surface area contributed by atoms with Crippen LogP contribution < -0.4 is 0 Å². The minimum atomic E-state index is 0.764. The standard InChI is InChI=1S/C12H21N/c1-12-5-4-11(12)9-13(7-6-12)8-10-2-3-10/h10-11H,2-9H2,1H3/t11?,12-/m0/s1. The van der Waals surface area contributed by atoms with Crippen molar-refractivity contribution in [2.75, 3.05) is 19.6 Å². The van der Waals surface area contributed by atoms with Gasteiger partial charge in [0.15, 0.2) is 0 Å². The van der Waals surface area contributed by atoms with Gasteiger partial charge in [-0.25, -0.2) is 0 Å². The van der Waals surface area contributed by atoms with Crippen LogP contribution in [0.4, 0.5) is 0 Å². The summed E-state index contributed by atoms with van der Waals surface area (Å²) in [6.45, 7) is 6.75. The van der Waals surface area contributed by atoms with E-state index in [0.29, 0.717) is 0 Å². The SMILES string of the molecule is C[C@@]12CCC1CN(CC1CC1)CC2. The average molecular weight is 179 g/mol. The van der Waals surface area contributed by atoms with Gasteiger partial charge in [-0.05, 0) is 55.9 Å². The van der Waals surface area contributed by atoms with E-state index in [1.807, 2.05) is 0 Å². The fraction of sp³-hybridized carbons (Fsp3) is 1.00. The van der Waals surface area contributed by atoms with Crippen LogP contribution in [-0.2, 0) is 0 Å². The van der Waals surface area contributed by atoms with Gasteiger partial charge in [0.2, 0.25) is 0 Å². The molecular weight excluding hydrogens is 158 g/mol. The molecule has 2 saturated carbocycles. The van der Waals surface area contributed by atoms with Crippen molar-refractivity contribution < 1.29 is 0 Å². The first kappa shape index (κ1) is 8.28. The van der Waals surface area contributed by atoms with E-state index in [2.05, 4.69) is 11.8 Å². The van der Waals surface area contributed by atoms with Gasteiger partial charge in [0.25, 0.3) is 0 Å². The summed E-state index contributed by atoms with van der Waals surface area (Å²) in [5, 5.41) is 0. The molecule has 74 valence electrons. The van der Waals surface area contributed by atoms with Gasteiger partial charge in [-0.3, -0.25) is 0 Å². The predicted octanol–water partition coefficient (Wildman–Crippen LogP) is 2.52. The molecule has 2 atom stereocenters. The van der Waals surface area contributed by atoms with Gasteiger partial charge in [-0.15, -0.1) is 0 Å². The van der Waals surface area contributed by atoms with E-state index in [1.165, 1.54) is 51.7 Å². The van der Waals surface area contributed by atoms with Crippen LogP contribution in [0.15, 0.2) is 0 Å². The van der Waals surface area contributed by atoms with Crippen molar-refractivity contribution in [3.63, 3.8) is 0 Å². The first-order valence-electron chi connectivity index (χ1n) is 5.99. The highest BCUT2D eigenvalue weighted by Gasteiger charge is 2.46. The summed E-state index contributed by atoms with van der Waals surface area (Å²) in [7, 11) is 0. The first-order chi connectivity index (χ1) is 6.26. The molecular formula is C12H21N. The molecule has 3 aliphatic rings. The topological polar surface area (TPSA) is 3.24 Å². The number of fused-ring (bicyclic) bond motifs is 1. The molecule has 1 nitrogen and oxygen atoms in total. The molecule has 0 aromatic carbocycles. The Bertz CT molecular complexity index is 209. The molecule has 1 aliphatic heterocycles. The maximum atomic E-state index is 2.74. The largest absolute Gasteiger partial charge is 0.303 e. The van der Waals surface area contributed by atoms with Crippen LogP contribution in [0.2, 0.25) is 0 Å². The maximum absolute atomic E-state index is 2.74. The Morgan fingerprint density at radius 1 is 1.23 bits per heavy atom. The van der Waals surface area contributed by atoms with Crippen LogP contribution in [0.3, 0.4) is 0 Å². The molecule has 0 aromatic rings. The van der Waals surface area contributed by atoms with Crippen LogP contribution in [0, 0.1) is 17.3 Å². The van der Waals surface area contributed by atoms with Crippen molar-refractivity contribution in [1.29, 1.82) is 0 Å². The number of rotatable bonds is 2. The highest BCUT2D eigenvalue weighted by Crippen LogP contribution is 2.51. The fourth-order valence-corrected chi connectivity index (χ4v) is 3.13. The third-order valence-electron chi connectivity index (χ3n) is 4.74. The molecule has 0 N–H and O–H groups in total. The van der Waals surface area contributed by atoms with Crippen LogP contribution in [-0.4, -0.2) is 24.5 Å². The quantitative estimate of drug-likeness (QED) is 0.629. The minimum Gasteiger partial charge on any atom is -0.303 e. The first-order valence-corrected chi connectivity index (χ1v) is 5.99. The van der Waals surface area contributed by atoms with E-state index >= 15 is 0 Å². The Morgan fingerprint density at radius 3 is 2.62 bits per heavy atom. The van der Waals surface area contributed by atoms with E-state index in [1.54, 1.807) is 0 Å². The fourth-order valence-electron chi connectivity index (χ4n) is 3.13. The van der Waals surface area contributed by atoms with Gasteiger partial charge in [-0.2, -0.15) is 0 Å². The normalized spacial score (nSPS) is 45.5. The minimum absolute atomic E-state index is 0.764. The highest BCUT2D eigenvalue weighted by atomic mass is 15.1. The lowest BCUT2D eigenvalue weighted by Crippen LogP contribution is -2.51. The van der Waals surface area contributed by atoms with Crippen LogP contribution in [0.1, 0.15) is 39.0 Å². The molecule has 1 heteroatoms. The zero-order chi connectivity index (χ0) is 8.89. The van der Waals surface area contributed by atoms with Crippen molar-refractivity contribution >= 4 is 0 Å². The Labute approximate surface area is 81.5 Å². The smallest absolute Gasteiger partial charge is 0.00150 e. The van der Waals surface area contributed by atoms with Gasteiger partial charge in [0.05, 0.1) is 0 Å². The van der Waals surface area contributed by atoms with E-state index in [4.69, 9.17) is 0 Å². The lowest BCUT2D eigenvalue weighted by Gasteiger charge is -2.54. The Balaban J connectivity index is 1.56. The summed E-state index contributed by atoms with van der Waals surface area (Å²) < 4.78 is 0. The summed E-state index contributed by atoms with van der Waals surface area (Å²) in [6.07, 6.45) is 7.52. The zero-order valence-electron chi connectivity index (χ0n) is 8.76. The maximum Gasteiger partial charge on any atom is 0.00150 e. The van der Waals surface area contributed by atoms with Gasteiger partial charge < -0.3 is 4.90 Å². The van der Waals surface area contributed by atoms with Crippen molar-refractivity contribution in [2.24, 2.45) is 17.3 Å². The van der Waals surface area contributed by atoms with Gasteiger partial charge in [0, 0.05) is 13.1 Å². The summed E-state index contributed by atoms with van der Waals surface area (Å²) in [6, 6.07) is 0. The van der Waals surface area contributed by atoms with E-state index < -0.39 is 0 Å². The Hall–Kier alpha value is -0.0400. The summed E-state index contributed by atoms with van der Waals surface area (Å²) in [4.78, 5) is 2.74. The molecule has 0 radical (unpaired) electrons. The molecule has 2 aliphatic carbocycles. The van der Waals surface area contributed by atoms with E-state index in [0.717, 1.165) is 17.3 Å². The number of likely N-dealkylation sites (tertiary alicyclic amines) is 1. The summed E-state index contributed by atoms with van der Waals surface area (Å²) in [5.74, 6) is 2.14. The number of hydrogen-bond donors (Lipinski definition) is 0. The molecule has 1 heterocycles. The third-order valence-corrected chi connectivity index (χ3v) is 4.74. The number of piperidine rings is 1. The van der Waals surface area contributed by atoms with Crippen molar-refractivity contribution in [2.45, 2.75) is 39.0 Å². The van der Waals surface area contributed by atoms with E-state index in [-0.39, 0.29) is 0 Å². The monoisotopic (exact) mass is 179 g/mol. The van der Waals surface area contributed by atoms with Gasteiger partial charge >= 0.3 is 0 Å². The predicted molar refractivity (Wildman–Crippen MR) is 54.6 cm³/mol. The molecule has 1 saturated heterocycles. The van der Waals surface area contributed by atoms with Crippen LogP contribution >= 0.6 is 0 Å². The Morgan fingerprint density at radius 2 is 2.08 bits per heavy atom. The van der Waals surface area contributed by atoms with E-state index in [9.17, 15) is 0 Å². The van der Waals surface area contributed by atoms with Crippen molar-refractivity contribution in [1.82, 2.24) is 4.90 Å². The molecule has 3 fully saturated rings. The molecule has 3 rings (SSSR count). The molecule has 0 spiro atoms. The molecule has 0 amide bonds. The number of nitrogens with zero attached hydrogens (tertiary/aromatic N) is 1. The average Bonchev–Trinajstić information content (AvgIpc) is 2.88. The lowest BCUT2D eigenvalue weighted by atomic mass is 9.58. The number of hydrogen-bond acceptors (Lipinski definition) is 1. The molecule has 0 aromatic heterocycles.